The van der Waals surface area contributed by atoms with Gasteiger partial charge in [0.15, 0.2) is 11.4 Å². The monoisotopic (exact) mass is 530 g/mol. The number of rotatable bonds is 13. The normalized spacial score (nSPS) is 16.9. The van der Waals surface area contributed by atoms with E-state index in [1.807, 2.05) is 6.92 Å². The minimum atomic E-state index is -2.79. The lowest BCUT2D eigenvalue weighted by atomic mass is 9.72. The molecule has 9 nitrogen and oxygen atoms in total. The van der Waals surface area contributed by atoms with Gasteiger partial charge in [-0.05, 0) is 47.7 Å². The number of Topliss-reactive ketones (excluding diaryl/α,β-unsaturated/α-hetero) is 1. The van der Waals surface area contributed by atoms with Crippen molar-refractivity contribution in [3.63, 3.8) is 0 Å². The van der Waals surface area contributed by atoms with E-state index < -0.39 is 36.7 Å². The predicted molar refractivity (Wildman–Crippen MR) is 139 cm³/mol. The van der Waals surface area contributed by atoms with E-state index in [4.69, 9.17) is 23.7 Å². The van der Waals surface area contributed by atoms with Gasteiger partial charge in [0, 0.05) is 0 Å². The molecule has 1 heterocycles. The van der Waals surface area contributed by atoms with E-state index in [-0.39, 0.29) is 29.4 Å². The summed E-state index contributed by atoms with van der Waals surface area (Å²) < 4.78 is 27.2. The first-order valence-corrected chi connectivity index (χ1v) is 12.9. The zero-order chi connectivity index (χ0) is 27.8. The summed E-state index contributed by atoms with van der Waals surface area (Å²) in [5, 5.41) is 24.8. The lowest BCUT2D eigenvalue weighted by molar-refractivity contribution is -0.293. The van der Waals surface area contributed by atoms with Crippen LogP contribution in [0.25, 0.3) is 0 Å². The fraction of sp³-hybridized carbons (Fsp3) is 0.517. The molecule has 1 aliphatic heterocycles. The van der Waals surface area contributed by atoms with E-state index in [1.165, 1.54) is 38.5 Å². The van der Waals surface area contributed by atoms with Gasteiger partial charge in [-0.2, -0.15) is 0 Å². The number of carbonyl (C=O) groups excluding carboxylic acids is 2. The van der Waals surface area contributed by atoms with E-state index in [2.05, 4.69) is 6.92 Å². The van der Waals surface area contributed by atoms with Crippen LogP contribution in [0.15, 0.2) is 48.5 Å². The Morgan fingerprint density at radius 2 is 1.45 bits per heavy atom. The highest BCUT2D eigenvalue weighted by Crippen LogP contribution is 2.45. The highest BCUT2D eigenvalue weighted by molar-refractivity contribution is 5.85. The molecule has 0 radical (unpaired) electrons. The van der Waals surface area contributed by atoms with Gasteiger partial charge in [-0.15, -0.1) is 0 Å². The van der Waals surface area contributed by atoms with Crippen molar-refractivity contribution < 1.29 is 43.5 Å². The van der Waals surface area contributed by atoms with Gasteiger partial charge in [-0.3, -0.25) is 4.79 Å². The second kappa shape index (κ2) is 13.2. The van der Waals surface area contributed by atoms with Gasteiger partial charge < -0.3 is 33.9 Å². The number of methoxy groups -OCH3 is 2. The minimum absolute atomic E-state index is 0.0462. The molecule has 1 aliphatic rings. The first-order valence-electron chi connectivity index (χ1n) is 12.9. The van der Waals surface area contributed by atoms with E-state index in [9.17, 15) is 19.8 Å². The molecule has 1 saturated heterocycles. The second-order valence-corrected chi connectivity index (χ2v) is 9.44. The molecule has 0 spiro atoms. The average molecular weight is 531 g/mol. The van der Waals surface area contributed by atoms with Crippen molar-refractivity contribution in [3.8, 4) is 11.5 Å². The minimum Gasteiger partial charge on any atom is -0.497 e. The second-order valence-electron chi connectivity index (χ2n) is 9.44. The first kappa shape index (κ1) is 29.6. The number of unbranched alkanes of at least 4 members (excludes halogenated alkanes) is 1. The Hall–Kier alpha value is -2.98. The summed E-state index contributed by atoms with van der Waals surface area (Å²) in [6, 6.07) is 12.5. The van der Waals surface area contributed by atoms with Gasteiger partial charge in [-0.25, -0.2) is 4.79 Å². The summed E-state index contributed by atoms with van der Waals surface area (Å²) >= 11 is 0. The van der Waals surface area contributed by atoms with Crippen LogP contribution in [0.1, 0.15) is 50.7 Å². The molecule has 0 bridgehead atoms. The highest BCUT2D eigenvalue weighted by atomic mass is 16.7. The number of aliphatic hydroxyl groups is 2. The first-order chi connectivity index (χ1) is 18.2. The molecule has 0 aliphatic carbocycles. The van der Waals surface area contributed by atoms with Gasteiger partial charge in [0.25, 0.3) is 5.60 Å². The quantitative estimate of drug-likeness (QED) is 0.376. The molecule has 2 atom stereocenters. The van der Waals surface area contributed by atoms with Crippen molar-refractivity contribution in [2.24, 2.45) is 5.92 Å². The van der Waals surface area contributed by atoms with E-state index in [1.54, 1.807) is 24.3 Å². The van der Waals surface area contributed by atoms with E-state index in [0.29, 0.717) is 11.5 Å². The van der Waals surface area contributed by atoms with Crippen molar-refractivity contribution in [2.45, 2.75) is 57.0 Å². The molecule has 0 amide bonds. The smallest absolute Gasteiger partial charge is 0.347 e. The lowest BCUT2D eigenvalue weighted by Gasteiger charge is -2.46. The van der Waals surface area contributed by atoms with E-state index in [0.717, 1.165) is 25.7 Å². The number of hydrogen-bond donors (Lipinski definition) is 2. The molecule has 1 fully saturated rings. The summed E-state index contributed by atoms with van der Waals surface area (Å²) in [6.07, 6.45) is 1.90. The molecule has 0 saturated carbocycles. The number of ketones is 1. The van der Waals surface area contributed by atoms with Crippen LogP contribution in [0.5, 0.6) is 11.5 Å². The number of benzene rings is 2. The number of ether oxygens (including phenoxy) is 5. The van der Waals surface area contributed by atoms with Gasteiger partial charge in [-0.1, -0.05) is 57.4 Å². The largest absolute Gasteiger partial charge is 0.497 e. The van der Waals surface area contributed by atoms with Gasteiger partial charge in [0.2, 0.25) is 6.29 Å². The molecule has 2 aromatic rings. The van der Waals surface area contributed by atoms with Crippen LogP contribution in [0, 0.1) is 5.92 Å². The molecule has 9 heteroatoms. The lowest BCUT2D eigenvalue weighted by Crippen LogP contribution is -2.67. The van der Waals surface area contributed by atoms with Crippen molar-refractivity contribution in [1.29, 1.82) is 0 Å². The Bertz CT molecular complexity index is 993. The molecule has 2 N–H and O–H groups in total. The zero-order valence-corrected chi connectivity index (χ0v) is 22.5. The molecule has 3 rings (SSSR count). The number of hydrogen-bond acceptors (Lipinski definition) is 9. The van der Waals surface area contributed by atoms with Crippen molar-refractivity contribution in [2.75, 3.05) is 34.0 Å². The third-order valence-corrected chi connectivity index (χ3v) is 7.00. The van der Waals surface area contributed by atoms with Crippen LogP contribution in [-0.2, 0) is 29.4 Å². The Labute approximate surface area is 223 Å². The summed E-state index contributed by atoms with van der Waals surface area (Å²) in [4.78, 5) is 25.7. The average Bonchev–Trinajstić information content (AvgIpc) is 2.96. The Kier molecular flexibility index (Phi) is 10.3. The molecular formula is C29H38O9. The highest BCUT2D eigenvalue weighted by Gasteiger charge is 2.65. The SMILES string of the molecule is CCCCC(CC)COC(=O)[C@](O)(C1OCC(=O)CO1)C(O)(c1ccc(OC)cc1)c1ccc(OC)cc1. The van der Waals surface area contributed by atoms with Gasteiger partial charge in [0.05, 0.1) is 20.8 Å². The number of carbonyl (C=O) groups is 2. The van der Waals surface area contributed by atoms with Crippen LogP contribution in [0.4, 0.5) is 0 Å². The molecular weight excluding hydrogens is 492 g/mol. The molecule has 0 aromatic heterocycles. The van der Waals surface area contributed by atoms with Crippen LogP contribution < -0.4 is 9.47 Å². The van der Waals surface area contributed by atoms with E-state index >= 15 is 0 Å². The molecule has 38 heavy (non-hydrogen) atoms. The summed E-state index contributed by atoms with van der Waals surface area (Å²) in [5.41, 5.74) is -4.89. The van der Waals surface area contributed by atoms with Crippen LogP contribution in [-0.4, -0.2) is 67.9 Å². The van der Waals surface area contributed by atoms with Crippen molar-refractivity contribution in [3.05, 3.63) is 59.7 Å². The maximum atomic E-state index is 13.9. The Balaban J connectivity index is 2.14. The standard InChI is InChI=1S/C29H38O9/c1-5-7-8-20(6-2)17-36-26(31)29(33,27-37-18-23(30)19-38-27)28(32,21-9-13-24(34-3)14-10-21)22-11-15-25(35-4)16-12-22/h9-16,20,27,32-33H,5-8,17-19H2,1-4H3/t20?,29-/m0/s1. The van der Waals surface area contributed by atoms with Gasteiger partial charge >= 0.3 is 5.97 Å². The molecule has 2 aromatic carbocycles. The summed E-state index contributed by atoms with van der Waals surface area (Å²) in [7, 11) is 3.00. The Morgan fingerprint density at radius 3 is 1.87 bits per heavy atom. The molecule has 208 valence electrons. The van der Waals surface area contributed by atoms with Crippen molar-refractivity contribution >= 4 is 11.8 Å². The Morgan fingerprint density at radius 1 is 0.947 bits per heavy atom. The third kappa shape index (κ3) is 6.02. The summed E-state index contributed by atoms with van der Waals surface area (Å²) in [6.45, 7) is 3.35. The predicted octanol–water partition coefficient (Wildman–Crippen LogP) is 3.37. The van der Waals surface area contributed by atoms with Crippen LogP contribution >= 0.6 is 0 Å². The van der Waals surface area contributed by atoms with Crippen molar-refractivity contribution in [1.82, 2.24) is 0 Å². The molecule has 1 unspecified atom stereocenters. The third-order valence-electron chi connectivity index (χ3n) is 7.00. The maximum Gasteiger partial charge on any atom is 0.347 e. The maximum absolute atomic E-state index is 13.9. The summed E-state index contributed by atoms with van der Waals surface area (Å²) in [5.74, 6) is -0.391. The topological polar surface area (TPSA) is 121 Å². The van der Waals surface area contributed by atoms with Crippen LogP contribution in [0.3, 0.4) is 0 Å². The fourth-order valence-corrected chi connectivity index (χ4v) is 4.56. The fourth-order valence-electron chi connectivity index (χ4n) is 4.56. The zero-order valence-electron chi connectivity index (χ0n) is 22.5. The van der Waals surface area contributed by atoms with Gasteiger partial charge in [0.1, 0.15) is 24.7 Å². The van der Waals surface area contributed by atoms with Crippen LogP contribution in [0.2, 0.25) is 0 Å². The number of esters is 1.